The number of hydrogen-bond acceptors (Lipinski definition) is 5. The molecule has 1 aromatic heterocycles. The fourth-order valence-electron chi connectivity index (χ4n) is 1.21. The molecule has 1 rings (SSSR count). The highest BCUT2D eigenvalue weighted by Gasteiger charge is 2.22. The van der Waals surface area contributed by atoms with Gasteiger partial charge in [0, 0.05) is 11.8 Å². The molecule has 0 radical (unpaired) electrons. The van der Waals surface area contributed by atoms with Crippen molar-refractivity contribution in [1.82, 2.24) is 4.98 Å². The summed E-state index contributed by atoms with van der Waals surface area (Å²) in [4.78, 5) is 13.7. The van der Waals surface area contributed by atoms with Crippen molar-refractivity contribution in [3.05, 3.63) is 29.3 Å². The van der Waals surface area contributed by atoms with Crippen molar-refractivity contribution in [2.75, 3.05) is 0 Å². The van der Waals surface area contributed by atoms with E-state index in [0.717, 1.165) is 12.3 Å². The first-order valence-electron chi connectivity index (χ1n) is 4.59. The Balaban J connectivity index is 2.90. The number of nitrogens with zero attached hydrogens (tertiary/aromatic N) is 2. The van der Waals surface area contributed by atoms with Crippen molar-refractivity contribution < 1.29 is 24.5 Å². The number of carbonyl (C=O) groups is 1. The molecule has 90 valence electrons. The molecule has 2 unspecified atom stereocenters. The smallest absolute Gasteiger partial charge is 0.306 e. The largest absolute Gasteiger partial charge is 0.481 e. The lowest BCUT2D eigenvalue weighted by Gasteiger charge is -2.16. The molecule has 0 saturated carbocycles. The van der Waals surface area contributed by atoms with E-state index >= 15 is 0 Å². The summed E-state index contributed by atoms with van der Waals surface area (Å²) in [6, 6.07) is 2.33. The Labute approximate surface area is 95.6 Å². The second kappa shape index (κ2) is 5.34. The summed E-state index contributed by atoms with van der Waals surface area (Å²) in [6.45, 7) is 0. The molecule has 0 saturated heterocycles. The van der Waals surface area contributed by atoms with Crippen molar-refractivity contribution in [3.8, 4) is 6.07 Å². The van der Waals surface area contributed by atoms with E-state index in [-0.39, 0.29) is 5.56 Å². The van der Waals surface area contributed by atoms with Crippen molar-refractivity contribution in [2.45, 2.75) is 18.6 Å². The van der Waals surface area contributed by atoms with Gasteiger partial charge in [0.2, 0.25) is 0 Å². The first-order valence-corrected chi connectivity index (χ1v) is 4.59. The van der Waals surface area contributed by atoms with E-state index in [4.69, 9.17) is 10.4 Å². The molecule has 3 N–H and O–H groups in total. The maximum atomic E-state index is 13.1. The number of pyridine rings is 1. The highest BCUT2D eigenvalue weighted by Crippen LogP contribution is 2.19. The highest BCUT2D eigenvalue weighted by atomic mass is 19.1. The summed E-state index contributed by atoms with van der Waals surface area (Å²) in [7, 11) is 0. The number of aliphatic carboxylic acids is 1. The van der Waals surface area contributed by atoms with E-state index in [9.17, 15) is 19.4 Å². The van der Waals surface area contributed by atoms with E-state index < -0.39 is 36.1 Å². The molecule has 0 amide bonds. The van der Waals surface area contributed by atoms with Crippen LogP contribution in [0, 0.1) is 17.1 Å². The van der Waals surface area contributed by atoms with Crippen LogP contribution in [0.4, 0.5) is 4.39 Å². The molecule has 1 aromatic rings. The van der Waals surface area contributed by atoms with Gasteiger partial charge in [-0.2, -0.15) is 5.26 Å². The van der Waals surface area contributed by atoms with Crippen molar-refractivity contribution in [3.63, 3.8) is 0 Å². The van der Waals surface area contributed by atoms with Crippen LogP contribution in [0.2, 0.25) is 0 Å². The minimum absolute atomic E-state index is 0.0877. The predicted molar refractivity (Wildman–Crippen MR) is 52.1 cm³/mol. The van der Waals surface area contributed by atoms with Gasteiger partial charge in [-0.05, 0) is 6.07 Å². The van der Waals surface area contributed by atoms with Crippen molar-refractivity contribution in [2.24, 2.45) is 0 Å². The zero-order valence-electron chi connectivity index (χ0n) is 8.54. The van der Waals surface area contributed by atoms with E-state index in [1.165, 1.54) is 6.07 Å². The van der Waals surface area contributed by atoms with Crippen LogP contribution in [0.5, 0.6) is 0 Å². The summed E-state index contributed by atoms with van der Waals surface area (Å²) >= 11 is 0. The first kappa shape index (κ1) is 13.0. The summed E-state index contributed by atoms with van der Waals surface area (Å²) in [6.07, 6.45) is -2.80. The summed E-state index contributed by atoms with van der Waals surface area (Å²) in [5.41, 5.74) is -0.524. The Morgan fingerprint density at radius 1 is 1.59 bits per heavy atom. The molecule has 17 heavy (non-hydrogen) atoms. The fourth-order valence-corrected chi connectivity index (χ4v) is 1.21. The molecule has 7 heteroatoms. The van der Waals surface area contributed by atoms with Crippen LogP contribution in [0.15, 0.2) is 12.3 Å². The lowest BCUT2D eigenvalue weighted by molar-refractivity contribution is -0.141. The molecule has 0 spiro atoms. The molecule has 0 aliphatic heterocycles. The number of hydrogen-bond donors (Lipinski definition) is 3. The van der Waals surface area contributed by atoms with Crippen LogP contribution >= 0.6 is 0 Å². The third-order valence-corrected chi connectivity index (χ3v) is 2.06. The van der Waals surface area contributed by atoms with Crippen LogP contribution in [-0.4, -0.2) is 32.4 Å². The average molecular weight is 240 g/mol. The topological polar surface area (TPSA) is 114 Å². The Bertz CT molecular complexity index is 472. The van der Waals surface area contributed by atoms with Crippen LogP contribution in [0.1, 0.15) is 23.8 Å². The second-order valence-electron chi connectivity index (χ2n) is 3.32. The zero-order chi connectivity index (χ0) is 13.0. The van der Waals surface area contributed by atoms with Gasteiger partial charge in [-0.1, -0.05) is 0 Å². The van der Waals surface area contributed by atoms with Crippen LogP contribution < -0.4 is 0 Å². The number of carboxylic acid groups (broad SMARTS) is 1. The van der Waals surface area contributed by atoms with Crippen LogP contribution in [0.3, 0.4) is 0 Å². The zero-order valence-corrected chi connectivity index (χ0v) is 8.54. The number of carboxylic acids is 1. The number of aromatic nitrogens is 1. The monoisotopic (exact) mass is 240 g/mol. The van der Waals surface area contributed by atoms with Gasteiger partial charge in [0.1, 0.15) is 12.2 Å². The number of aliphatic hydroxyl groups excluding tert-OH is 2. The van der Waals surface area contributed by atoms with Crippen molar-refractivity contribution >= 4 is 5.97 Å². The SMILES string of the molecule is N#Cc1ncc(C(O)C(O)CC(=O)O)cc1F. The maximum absolute atomic E-state index is 13.1. The summed E-state index contributed by atoms with van der Waals surface area (Å²) in [5, 5.41) is 35.7. The fraction of sp³-hybridized carbons (Fsp3) is 0.300. The second-order valence-corrected chi connectivity index (χ2v) is 3.32. The van der Waals surface area contributed by atoms with Gasteiger partial charge < -0.3 is 15.3 Å². The Morgan fingerprint density at radius 2 is 2.24 bits per heavy atom. The maximum Gasteiger partial charge on any atom is 0.306 e. The number of aliphatic hydroxyl groups is 2. The molecule has 0 fully saturated rings. The van der Waals surface area contributed by atoms with E-state index in [0.29, 0.717) is 0 Å². The third kappa shape index (κ3) is 3.21. The van der Waals surface area contributed by atoms with Crippen molar-refractivity contribution in [1.29, 1.82) is 5.26 Å². The van der Waals surface area contributed by atoms with Gasteiger partial charge in [-0.3, -0.25) is 4.79 Å². The van der Waals surface area contributed by atoms with Gasteiger partial charge in [-0.15, -0.1) is 0 Å². The van der Waals surface area contributed by atoms with Crippen LogP contribution in [-0.2, 0) is 4.79 Å². The van der Waals surface area contributed by atoms with Gasteiger partial charge in [0.15, 0.2) is 11.5 Å². The summed E-state index contributed by atoms with van der Waals surface area (Å²) in [5.74, 6) is -2.23. The number of halogens is 1. The molecule has 0 bridgehead atoms. The van der Waals surface area contributed by atoms with Crippen LogP contribution in [0.25, 0.3) is 0 Å². The quantitative estimate of drug-likeness (QED) is 0.680. The predicted octanol–water partition coefficient (Wildman–Crippen LogP) is -0.0386. The Hall–Kier alpha value is -2.04. The molecular formula is C10H9FN2O4. The molecule has 0 aliphatic rings. The Kier molecular flexibility index (Phi) is 4.09. The first-order chi connectivity index (χ1) is 7.95. The molecule has 6 nitrogen and oxygen atoms in total. The molecule has 2 atom stereocenters. The normalized spacial score (nSPS) is 13.8. The van der Waals surface area contributed by atoms with Gasteiger partial charge in [0.05, 0.1) is 12.5 Å². The lowest BCUT2D eigenvalue weighted by Crippen LogP contribution is -2.22. The molecule has 0 aliphatic carbocycles. The van der Waals surface area contributed by atoms with Gasteiger partial charge >= 0.3 is 5.97 Å². The molecule has 0 aromatic carbocycles. The van der Waals surface area contributed by atoms with Gasteiger partial charge in [0.25, 0.3) is 0 Å². The van der Waals surface area contributed by atoms with Gasteiger partial charge in [-0.25, -0.2) is 9.37 Å². The number of nitriles is 1. The minimum atomic E-state index is -1.57. The van der Waals surface area contributed by atoms with E-state index in [1.807, 2.05) is 0 Å². The lowest BCUT2D eigenvalue weighted by atomic mass is 10.0. The highest BCUT2D eigenvalue weighted by molar-refractivity contribution is 5.67. The molecule has 1 heterocycles. The van der Waals surface area contributed by atoms with E-state index in [2.05, 4.69) is 4.98 Å². The standard InChI is InChI=1S/C10H9FN2O4/c11-6-1-5(4-13-7(6)3-12)10(17)8(14)2-9(15)16/h1,4,8,10,14,17H,2H2,(H,15,16). The minimum Gasteiger partial charge on any atom is -0.481 e. The molecular weight excluding hydrogens is 231 g/mol. The Morgan fingerprint density at radius 3 is 2.71 bits per heavy atom. The third-order valence-electron chi connectivity index (χ3n) is 2.06. The average Bonchev–Trinajstić information content (AvgIpc) is 2.27. The number of rotatable bonds is 4. The summed E-state index contributed by atoms with van der Waals surface area (Å²) < 4.78 is 13.1. The van der Waals surface area contributed by atoms with E-state index in [1.54, 1.807) is 0 Å².